The lowest BCUT2D eigenvalue weighted by Gasteiger charge is -2.30. The summed E-state index contributed by atoms with van der Waals surface area (Å²) in [6.07, 6.45) is -10.4. The van der Waals surface area contributed by atoms with Gasteiger partial charge in [0.2, 0.25) is 0 Å². The number of rotatable bonds is 5. The number of fused-ring (bicyclic) bond motifs is 1. The summed E-state index contributed by atoms with van der Waals surface area (Å²) in [5, 5.41) is 23.7. The van der Waals surface area contributed by atoms with Crippen molar-refractivity contribution in [1.29, 1.82) is 0 Å². The first-order valence-corrected chi connectivity index (χ1v) is 9.38. The van der Waals surface area contributed by atoms with Crippen LogP contribution in [0.3, 0.4) is 0 Å². The molecule has 0 aromatic heterocycles. The third kappa shape index (κ3) is 5.04. The van der Waals surface area contributed by atoms with Crippen molar-refractivity contribution in [3.63, 3.8) is 0 Å². The molecule has 14 heteroatoms. The standard InChI is InChI=1S/C14H14F6N2O5S/c1-12(23,5-28(26,27)6-13(15,16)17)11-3-7-2-10(22(24)25)8(14(18,19)20)4-9(7)21-11/h2,4,11,21,23H,3,5-6H2,1H3. The molecule has 0 spiro atoms. The number of benzene rings is 1. The van der Waals surface area contributed by atoms with E-state index in [1.165, 1.54) is 0 Å². The number of hydrogen-bond donors (Lipinski definition) is 2. The average molecular weight is 436 g/mol. The van der Waals surface area contributed by atoms with Gasteiger partial charge in [-0.3, -0.25) is 10.1 Å². The van der Waals surface area contributed by atoms with Gasteiger partial charge >= 0.3 is 12.4 Å². The van der Waals surface area contributed by atoms with Crippen LogP contribution < -0.4 is 5.32 Å². The van der Waals surface area contributed by atoms with E-state index >= 15 is 0 Å². The summed E-state index contributed by atoms with van der Waals surface area (Å²) in [5.41, 5.74) is -5.28. The highest BCUT2D eigenvalue weighted by Gasteiger charge is 2.45. The molecule has 1 aromatic carbocycles. The Kier molecular flexibility index (Phi) is 5.36. The van der Waals surface area contributed by atoms with Gasteiger partial charge in [-0.15, -0.1) is 0 Å². The highest BCUT2D eigenvalue weighted by atomic mass is 32.2. The molecule has 1 heterocycles. The van der Waals surface area contributed by atoms with Crippen LogP contribution in [0.4, 0.5) is 37.7 Å². The number of aliphatic hydroxyl groups is 1. The summed E-state index contributed by atoms with van der Waals surface area (Å²) in [5.74, 6) is -3.47. The number of halogens is 6. The van der Waals surface area contributed by atoms with Crippen LogP contribution in [0, 0.1) is 10.1 Å². The first-order chi connectivity index (χ1) is 12.4. The summed E-state index contributed by atoms with van der Waals surface area (Å²) in [7, 11) is -4.78. The van der Waals surface area contributed by atoms with Crippen LogP contribution >= 0.6 is 0 Å². The molecule has 7 nitrogen and oxygen atoms in total. The van der Waals surface area contributed by atoms with E-state index in [1.54, 1.807) is 0 Å². The Labute approximate surface area is 154 Å². The molecule has 0 fully saturated rings. The fraction of sp³-hybridized carbons (Fsp3) is 0.571. The topological polar surface area (TPSA) is 110 Å². The van der Waals surface area contributed by atoms with Crippen molar-refractivity contribution < 1.29 is 44.8 Å². The third-order valence-corrected chi connectivity index (χ3v) is 5.92. The summed E-state index contributed by atoms with van der Waals surface area (Å²) in [6, 6.07) is -0.173. The van der Waals surface area contributed by atoms with Gasteiger partial charge in [0.25, 0.3) is 5.69 Å². The highest BCUT2D eigenvalue weighted by molar-refractivity contribution is 7.91. The third-order valence-electron chi connectivity index (χ3n) is 4.12. The Bertz CT molecular complexity index is 895. The van der Waals surface area contributed by atoms with Crippen molar-refractivity contribution in [2.75, 3.05) is 16.8 Å². The predicted molar refractivity (Wildman–Crippen MR) is 84.5 cm³/mol. The lowest BCUT2D eigenvalue weighted by Crippen LogP contribution is -2.49. The summed E-state index contributed by atoms with van der Waals surface area (Å²) in [4.78, 5) is 9.68. The Morgan fingerprint density at radius 1 is 1.21 bits per heavy atom. The molecule has 28 heavy (non-hydrogen) atoms. The van der Waals surface area contributed by atoms with Crippen molar-refractivity contribution >= 4 is 21.2 Å². The molecule has 2 rings (SSSR count). The Balaban J connectivity index is 2.32. The van der Waals surface area contributed by atoms with Crippen LogP contribution in [0.1, 0.15) is 18.1 Å². The summed E-state index contributed by atoms with van der Waals surface area (Å²) >= 11 is 0. The van der Waals surface area contributed by atoms with Gasteiger partial charge < -0.3 is 10.4 Å². The first kappa shape index (κ1) is 22.2. The summed E-state index contributed by atoms with van der Waals surface area (Å²) < 4.78 is 99.5. The van der Waals surface area contributed by atoms with Crippen LogP contribution in [-0.2, 0) is 22.4 Å². The van der Waals surface area contributed by atoms with E-state index in [9.17, 15) is 50.0 Å². The number of hydrogen-bond acceptors (Lipinski definition) is 6. The molecule has 2 atom stereocenters. The van der Waals surface area contributed by atoms with E-state index < -0.39 is 61.5 Å². The second-order valence-electron chi connectivity index (χ2n) is 6.69. The molecule has 1 aromatic rings. The Morgan fingerprint density at radius 3 is 2.25 bits per heavy atom. The van der Waals surface area contributed by atoms with Crippen molar-refractivity contribution in [1.82, 2.24) is 0 Å². The van der Waals surface area contributed by atoms with Gasteiger partial charge in [-0.1, -0.05) is 0 Å². The van der Waals surface area contributed by atoms with Gasteiger partial charge in [-0.25, -0.2) is 8.42 Å². The maximum absolute atomic E-state index is 13.0. The minimum absolute atomic E-state index is 0.00167. The van der Waals surface area contributed by atoms with E-state index in [0.717, 1.165) is 6.92 Å². The molecule has 0 saturated heterocycles. The predicted octanol–water partition coefficient (Wildman–Crippen LogP) is 2.68. The minimum atomic E-state index is -5.05. The monoisotopic (exact) mass is 436 g/mol. The molecular weight excluding hydrogens is 422 g/mol. The second kappa shape index (κ2) is 6.76. The summed E-state index contributed by atoms with van der Waals surface area (Å²) in [6.45, 7) is 0.920. The zero-order valence-electron chi connectivity index (χ0n) is 14.1. The fourth-order valence-corrected chi connectivity index (χ4v) is 4.69. The molecule has 2 unspecified atom stereocenters. The molecule has 0 radical (unpaired) electrons. The molecule has 0 amide bonds. The number of nitrogens with one attached hydrogen (secondary N) is 1. The van der Waals surface area contributed by atoms with Crippen LogP contribution in [-0.4, -0.2) is 47.8 Å². The van der Waals surface area contributed by atoms with E-state index in [0.29, 0.717) is 12.1 Å². The number of nitrogens with zero attached hydrogens (tertiary/aromatic N) is 1. The number of nitro groups is 1. The van der Waals surface area contributed by atoms with Crippen molar-refractivity contribution in [3.8, 4) is 0 Å². The maximum atomic E-state index is 13.0. The number of anilines is 1. The van der Waals surface area contributed by atoms with Crippen molar-refractivity contribution in [2.45, 2.75) is 37.3 Å². The van der Waals surface area contributed by atoms with Gasteiger partial charge in [0.15, 0.2) is 9.84 Å². The largest absolute Gasteiger partial charge is 0.423 e. The number of alkyl halides is 6. The molecule has 0 aliphatic carbocycles. The van der Waals surface area contributed by atoms with Crippen LogP contribution in [0.2, 0.25) is 0 Å². The smallest absolute Gasteiger partial charge is 0.387 e. The number of sulfone groups is 1. The Morgan fingerprint density at radius 2 is 1.79 bits per heavy atom. The van der Waals surface area contributed by atoms with E-state index in [4.69, 9.17) is 0 Å². The first-order valence-electron chi connectivity index (χ1n) is 7.56. The highest BCUT2D eigenvalue weighted by Crippen LogP contribution is 2.42. The van der Waals surface area contributed by atoms with Crippen LogP contribution in [0.25, 0.3) is 0 Å². The van der Waals surface area contributed by atoms with E-state index in [2.05, 4.69) is 5.32 Å². The molecule has 0 bridgehead atoms. The minimum Gasteiger partial charge on any atom is -0.387 e. The normalized spacial score (nSPS) is 19.6. The molecule has 1 aliphatic heterocycles. The van der Waals surface area contributed by atoms with Gasteiger partial charge in [-0.2, -0.15) is 26.3 Å². The molecular formula is C14H14F6N2O5S. The SMILES string of the molecule is CC(O)(CS(=O)(=O)CC(F)(F)F)C1Cc2cc([N+](=O)[O-])c(C(F)(F)F)cc2N1. The van der Waals surface area contributed by atoms with Gasteiger partial charge in [0, 0.05) is 11.8 Å². The van der Waals surface area contributed by atoms with Crippen LogP contribution in [0.5, 0.6) is 0 Å². The van der Waals surface area contributed by atoms with Gasteiger partial charge in [0.1, 0.15) is 11.3 Å². The van der Waals surface area contributed by atoms with Crippen molar-refractivity contribution in [2.24, 2.45) is 0 Å². The zero-order valence-corrected chi connectivity index (χ0v) is 14.9. The van der Waals surface area contributed by atoms with E-state index in [-0.39, 0.29) is 17.7 Å². The fourth-order valence-electron chi connectivity index (χ4n) is 2.99. The number of nitro benzene ring substituents is 1. The zero-order chi connectivity index (χ0) is 21.7. The molecule has 0 saturated carbocycles. The van der Waals surface area contributed by atoms with Crippen LogP contribution in [0.15, 0.2) is 12.1 Å². The lowest BCUT2D eigenvalue weighted by atomic mass is 9.95. The quantitative estimate of drug-likeness (QED) is 0.417. The maximum Gasteiger partial charge on any atom is 0.423 e. The molecule has 2 N–H and O–H groups in total. The average Bonchev–Trinajstić information content (AvgIpc) is 2.84. The molecule has 158 valence electrons. The van der Waals surface area contributed by atoms with Gasteiger partial charge in [0.05, 0.1) is 22.3 Å². The van der Waals surface area contributed by atoms with Gasteiger partial charge in [-0.05, 0) is 25.0 Å². The Hall–Kier alpha value is -2.09. The molecule has 1 aliphatic rings. The lowest BCUT2D eigenvalue weighted by molar-refractivity contribution is -0.388. The second-order valence-corrected chi connectivity index (χ2v) is 8.75. The van der Waals surface area contributed by atoms with Crippen molar-refractivity contribution in [3.05, 3.63) is 33.4 Å². The van der Waals surface area contributed by atoms with E-state index in [1.807, 2.05) is 0 Å².